The molecular formula is C18H17F3N2O3S. The number of carbonyl (C=O) groups excluding carboxylic acids is 1. The summed E-state index contributed by atoms with van der Waals surface area (Å²) in [6.07, 6.45) is 0.228. The Labute approximate surface area is 154 Å². The number of nitrogens with one attached hydrogen (secondary N) is 1. The summed E-state index contributed by atoms with van der Waals surface area (Å²) in [4.78, 5) is 13.9. The molecule has 0 aromatic heterocycles. The van der Waals surface area contributed by atoms with Crippen LogP contribution in [0.1, 0.15) is 17.5 Å². The molecule has 1 atom stereocenters. The molecule has 1 heterocycles. The molecule has 0 aliphatic carbocycles. The minimum absolute atomic E-state index is 0.0588. The SMILES string of the molecule is Cc1cc(N2CC[C@@H](NS(=O)(=O)Cc3cc(F)cc(F)c3)C2=O)ccc1F. The van der Waals surface area contributed by atoms with Gasteiger partial charge >= 0.3 is 0 Å². The minimum atomic E-state index is -4.00. The van der Waals surface area contributed by atoms with Crippen LogP contribution in [0.2, 0.25) is 0 Å². The monoisotopic (exact) mass is 398 g/mol. The van der Waals surface area contributed by atoms with E-state index in [1.807, 2.05) is 0 Å². The molecule has 27 heavy (non-hydrogen) atoms. The molecule has 3 rings (SSSR count). The number of carbonyl (C=O) groups is 1. The quantitative estimate of drug-likeness (QED) is 0.842. The highest BCUT2D eigenvalue weighted by Gasteiger charge is 2.35. The molecule has 1 aliphatic heterocycles. The van der Waals surface area contributed by atoms with Gasteiger partial charge in [-0.2, -0.15) is 0 Å². The largest absolute Gasteiger partial charge is 0.311 e. The fraction of sp³-hybridized carbons (Fsp3) is 0.278. The Bertz CT molecular complexity index is 975. The van der Waals surface area contributed by atoms with Gasteiger partial charge in [0.15, 0.2) is 0 Å². The molecule has 0 unspecified atom stereocenters. The van der Waals surface area contributed by atoms with E-state index >= 15 is 0 Å². The maximum atomic E-state index is 13.4. The second-order valence-corrected chi connectivity index (χ2v) is 8.17. The molecule has 9 heteroatoms. The maximum Gasteiger partial charge on any atom is 0.245 e. The lowest BCUT2D eigenvalue weighted by Gasteiger charge is -2.18. The first-order chi connectivity index (χ1) is 12.6. The number of rotatable bonds is 5. The summed E-state index contributed by atoms with van der Waals surface area (Å²) < 4.78 is 66.7. The predicted octanol–water partition coefficient (Wildman–Crippen LogP) is 2.64. The van der Waals surface area contributed by atoms with Gasteiger partial charge < -0.3 is 4.90 Å². The van der Waals surface area contributed by atoms with E-state index < -0.39 is 45.2 Å². The number of halogens is 3. The Balaban J connectivity index is 1.72. The summed E-state index contributed by atoms with van der Waals surface area (Å²) in [5.41, 5.74) is 0.793. The lowest BCUT2D eigenvalue weighted by atomic mass is 10.2. The van der Waals surface area contributed by atoms with Crippen molar-refractivity contribution in [1.82, 2.24) is 4.72 Å². The van der Waals surface area contributed by atoms with Crippen LogP contribution in [-0.4, -0.2) is 26.9 Å². The van der Waals surface area contributed by atoms with E-state index in [4.69, 9.17) is 0 Å². The van der Waals surface area contributed by atoms with E-state index in [1.165, 1.54) is 23.1 Å². The van der Waals surface area contributed by atoms with Gasteiger partial charge in [-0.3, -0.25) is 4.79 Å². The number of hydrogen-bond donors (Lipinski definition) is 1. The Hall–Kier alpha value is -2.39. The van der Waals surface area contributed by atoms with Gasteiger partial charge in [0, 0.05) is 18.3 Å². The molecule has 0 radical (unpaired) electrons. The van der Waals surface area contributed by atoms with Gasteiger partial charge in [0.25, 0.3) is 0 Å². The number of nitrogens with zero attached hydrogens (tertiary/aromatic N) is 1. The number of amides is 1. The van der Waals surface area contributed by atoms with Gasteiger partial charge in [0.2, 0.25) is 15.9 Å². The molecular weight excluding hydrogens is 381 g/mol. The Morgan fingerprint density at radius 3 is 2.41 bits per heavy atom. The molecule has 5 nitrogen and oxygen atoms in total. The second-order valence-electron chi connectivity index (χ2n) is 6.42. The van der Waals surface area contributed by atoms with Crippen molar-refractivity contribution >= 4 is 21.6 Å². The van der Waals surface area contributed by atoms with Gasteiger partial charge in [-0.15, -0.1) is 0 Å². The van der Waals surface area contributed by atoms with Crippen molar-refractivity contribution in [3.63, 3.8) is 0 Å². The van der Waals surface area contributed by atoms with E-state index in [1.54, 1.807) is 6.92 Å². The van der Waals surface area contributed by atoms with Crippen LogP contribution in [0.3, 0.4) is 0 Å². The lowest BCUT2D eigenvalue weighted by Crippen LogP contribution is -2.42. The van der Waals surface area contributed by atoms with E-state index in [0.29, 0.717) is 17.3 Å². The minimum Gasteiger partial charge on any atom is -0.311 e. The zero-order valence-electron chi connectivity index (χ0n) is 14.4. The van der Waals surface area contributed by atoms with Crippen molar-refractivity contribution in [3.05, 3.63) is 65.0 Å². The van der Waals surface area contributed by atoms with Crippen molar-refractivity contribution in [3.8, 4) is 0 Å². The molecule has 2 aromatic rings. The van der Waals surface area contributed by atoms with Crippen molar-refractivity contribution in [2.24, 2.45) is 0 Å². The topological polar surface area (TPSA) is 66.5 Å². The molecule has 144 valence electrons. The van der Waals surface area contributed by atoms with E-state index in [0.717, 1.165) is 12.1 Å². The van der Waals surface area contributed by atoms with Gasteiger partial charge in [-0.05, 0) is 54.8 Å². The first-order valence-corrected chi connectivity index (χ1v) is 9.82. The highest BCUT2D eigenvalue weighted by atomic mass is 32.2. The molecule has 0 saturated carbocycles. The molecule has 0 spiro atoms. The first kappa shape index (κ1) is 19.4. The van der Waals surface area contributed by atoms with Gasteiger partial charge in [0.1, 0.15) is 23.5 Å². The number of anilines is 1. The first-order valence-electron chi connectivity index (χ1n) is 8.17. The number of sulfonamides is 1. The predicted molar refractivity (Wildman–Crippen MR) is 94.0 cm³/mol. The van der Waals surface area contributed by atoms with Crippen LogP contribution in [0.4, 0.5) is 18.9 Å². The van der Waals surface area contributed by atoms with Crippen LogP contribution in [0.5, 0.6) is 0 Å². The normalized spacial score (nSPS) is 17.6. The zero-order valence-corrected chi connectivity index (χ0v) is 15.2. The van der Waals surface area contributed by atoms with E-state index in [2.05, 4.69) is 4.72 Å². The average molecular weight is 398 g/mol. The third kappa shape index (κ3) is 4.48. The standard InChI is InChI=1S/C18H17F3N2O3S/c1-11-6-15(2-3-16(11)21)23-5-4-17(18(23)24)22-27(25,26)10-12-7-13(19)9-14(20)8-12/h2-3,6-9,17,22H,4-5,10H2,1H3/t17-/m1/s1. The van der Waals surface area contributed by atoms with Crippen LogP contribution in [0, 0.1) is 24.4 Å². The Morgan fingerprint density at radius 1 is 1.11 bits per heavy atom. The number of aryl methyl sites for hydroxylation is 1. The summed E-state index contributed by atoms with van der Waals surface area (Å²) in [6.45, 7) is 1.84. The van der Waals surface area contributed by atoms with Gasteiger partial charge in [-0.25, -0.2) is 26.3 Å². The molecule has 1 saturated heterocycles. The van der Waals surface area contributed by atoms with Crippen LogP contribution < -0.4 is 9.62 Å². The molecule has 1 aliphatic rings. The summed E-state index contributed by atoms with van der Waals surface area (Å²) >= 11 is 0. The fourth-order valence-corrected chi connectivity index (χ4v) is 4.36. The van der Waals surface area contributed by atoms with Crippen LogP contribution >= 0.6 is 0 Å². The third-order valence-corrected chi connectivity index (χ3v) is 5.62. The number of hydrogen-bond acceptors (Lipinski definition) is 3. The van der Waals surface area contributed by atoms with Gasteiger partial charge in [0.05, 0.1) is 5.75 Å². The van der Waals surface area contributed by atoms with Gasteiger partial charge in [-0.1, -0.05) is 0 Å². The average Bonchev–Trinajstić information content (AvgIpc) is 2.89. The highest BCUT2D eigenvalue weighted by molar-refractivity contribution is 7.88. The van der Waals surface area contributed by atoms with Crippen LogP contribution in [-0.2, 0) is 20.6 Å². The summed E-state index contributed by atoms with van der Waals surface area (Å²) in [5.74, 6) is -3.27. The number of benzene rings is 2. The van der Waals surface area contributed by atoms with Crippen molar-refractivity contribution in [1.29, 1.82) is 0 Å². The highest BCUT2D eigenvalue weighted by Crippen LogP contribution is 2.24. The van der Waals surface area contributed by atoms with Crippen LogP contribution in [0.15, 0.2) is 36.4 Å². The summed E-state index contributed by atoms with van der Waals surface area (Å²) in [7, 11) is -4.00. The summed E-state index contributed by atoms with van der Waals surface area (Å²) in [6, 6.07) is 5.71. The molecule has 1 N–H and O–H groups in total. The smallest absolute Gasteiger partial charge is 0.245 e. The molecule has 2 aromatic carbocycles. The second kappa shape index (κ2) is 7.32. The summed E-state index contributed by atoms with van der Waals surface area (Å²) in [5, 5.41) is 0. The lowest BCUT2D eigenvalue weighted by molar-refractivity contribution is -0.118. The van der Waals surface area contributed by atoms with Crippen molar-refractivity contribution < 1.29 is 26.4 Å². The van der Waals surface area contributed by atoms with E-state index in [-0.39, 0.29) is 18.5 Å². The van der Waals surface area contributed by atoms with Crippen molar-refractivity contribution in [2.45, 2.75) is 25.1 Å². The third-order valence-electron chi connectivity index (χ3n) is 4.26. The Kier molecular flexibility index (Phi) is 5.25. The fourth-order valence-electron chi connectivity index (χ4n) is 3.01. The van der Waals surface area contributed by atoms with Crippen LogP contribution in [0.25, 0.3) is 0 Å². The maximum absolute atomic E-state index is 13.4. The molecule has 0 bridgehead atoms. The molecule has 1 amide bonds. The Morgan fingerprint density at radius 2 is 1.78 bits per heavy atom. The molecule has 1 fully saturated rings. The van der Waals surface area contributed by atoms with Crippen molar-refractivity contribution in [2.75, 3.05) is 11.4 Å². The zero-order chi connectivity index (χ0) is 19.8. The van der Waals surface area contributed by atoms with E-state index in [9.17, 15) is 26.4 Å².